The molecule has 0 unspecified atom stereocenters. The minimum Gasteiger partial charge on any atom is -0.202 e. The van der Waals surface area contributed by atoms with Crippen LogP contribution in [0.5, 0.6) is 0 Å². The average molecular weight is 202 g/mol. The van der Waals surface area contributed by atoms with E-state index < -0.39 is 0 Å². The van der Waals surface area contributed by atoms with Crippen molar-refractivity contribution in [2.24, 2.45) is 0 Å². The number of aromatic nitrogens is 1. The predicted molar refractivity (Wildman–Crippen MR) is 65.9 cm³/mol. The van der Waals surface area contributed by atoms with Crippen LogP contribution in [0.4, 0.5) is 0 Å². The van der Waals surface area contributed by atoms with Gasteiger partial charge in [0.1, 0.15) is 0 Å². The Kier molecular flexibility index (Phi) is 4.29. The fraction of sp³-hybridized carbons (Fsp3) is 0.357. The van der Waals surface area contributed by atoms with Crippen molar-refractivity contribution < 1.29 is 4.57 Å². The average Bonchev–Trinajstić information content (AvgIpc) is 2.31. The number of fused-ring (bicyclic) bond motifs is 1. The standard InChI is InChI=1S/C12H14N.C2H6/c1-10(2)13-8-7-11-5-3-4-6-12(11)9-13;1-2/h3-10H,1-2H3;1-2H3/q+1;. The van der Waals surface area contributed by atoms with Gasteiger partial charge in [-0.3, -0.25) is 0 Å². The van der Waals surface area contributed by atoms with Gasteiger partial charge in [0, 0.05) is 11.5 Å². The van der Waals surface area contributed by atoms with Gasteiger partial charge in [-0.1, -0.05) is 32.0 Å². The summed E-state index contributed by atoms with van der Waals surface area (Å²) in [5.74, 6) is 0. The van der Waals surface area contributed by atoms with E-state index in [0.717, 1.165) is 0 Å². The number of benzene rings is 1. The lowest BCUT2D eigenvalue weighted by Gasteiger charge is -2.00. The van der Waals surface area contributed by atoms with E-state index in [2.05, 4.69) is 61.1 Å². The van der Waals surface area contributed by atoms with Crippen LogP contribution in [0.3, 0.4) is 0 Å². The molecule has 80 valence electrons. The molecule has 1 aromatic heterocycles. The molecule has 0 atom stereocenters. The molecule has 0 fully saturated rings. The second-order valence-electron chi connectivity index (χ2n) is 3.61. The highest BCUT2D eigenvalue weighted by molar-refractivity contribution is 5.80. The SMILES string of the molecule is CC.CC(C)[n+]1ccc2ccccc2c1. The van der Waals surface area contributed by atoms with E-state index in [-0.39, 0.29) is 0 Å². The van der Waals surface area contributed by atoms with Gasteiger partial charge >= 0.3 is 0 Å². The van der Waals surface area contributed by atoms with Crippen LogP contribution in [0.1, 0.15) is 33.7 Å². The first-order chi connectivity index (χ1) is 7.27. The van der Waals surface area contributed by atoms with Gasteiger partial charge in [-0.05, 0) is 25.3 Å². The van der Waals surface area contributed by atoms with E-state index in [9.17, 15) is 0 Å². The predicted octanol–water partition coefficient (Wildman–Crippen LogP) is 3.73. The number of hydrogen-bond donors (Lipinski definition) is 0. The quantitative estimate of drug-likeness (QED) is 0.620. The highest BCUT2D eigenvalue weighted by Gasteiger charge is 2.05. The van der Waals surface area contributed by atoms with Gasteiger partial charge < -0.3 is 0 Å². The summed E-state index contributed by atoms with van der Waals surface area (Å²) < 4.78 is 2.22. The lowest BCUT2D eigenvalue weighted by Crippen LogP contribution is -2.34. The third kappa shape index (κ3) is 2.79. The van der Waals surface area contributed by atoms with Crippen molar-refractivity contribution in [3.8, 4) is 0 Å². The van der Waals surface area contributed by atoms with E-state index in [1.54, 1.807) is 0 Å². The highest BCUT2D eigenvalue weighted by atomic mass is 15.0. The molecule has 0 saturated carbocycles. The molecule has 2 rings (SSSR count). The molecular weight excluding hydrogens is 182 g/mol. The van der Waals surface area contributed by atoms with Crippen LogP contribution in [0, 0.1) is 0 Å². The largest absolute Gasteiger partial charge is 0.202 e. The van der Waals surface area contributed by atoms with Gasteiger partial charge in [-0.15, -0.1) is 0 Å². The first-order valence-electron chi connectivity index (χ1n) is 5.67. The van der Waals surface area contributed by atoms with Crippen molar-refractivity contribution in [1.29, 1.82) is 0 Å². The number of hydrogen-bond acceptors (Lipinski definition) is 0. The Morgan fingerprint density at radius 1 is 0.933 bits per heavy atom. The molecule has 0 bridgehead atoms. The molecule has 0 amide bonds. The van der Waals surface area contributed by atoms with Crippen molar-refractivity contribution in [3.63, 3.8) is 0 Å². The third-order valence-corrected chi connectivity index (χ3v) is 2.31. The van der Waals surface area contributed by atoms with Crippen molar-refractivity contribution in [3.05, 3.63) is 42.7 Å². The topological polar surface area (TPSA) is 3.88 Å². The van der Waals surface area contributed by atoms with E-state index >= 15 is 0 Å². The van der Waals surface area contributed by atoms with Gasteiger partial charge in [-0.25, -0.2) is 4.57 Å². The van der Waals surface area contributed by atoms with Gasteiger partial charge in [0.2, 0.25) is 0 Å². The van der Waals surface area contributed by atoms with E-state index in [0.29, 0.717) is 6.04 Å². The minimum atomic E-state index is 0.532. The van der Waals surface area contributed by atoms with Crippen LogP contribution >= 0.6 is 0 Å². The normalized spacial score (nSPS) is 9.93. The maximum absolute atomic E-state index is 2.22. The highest BCUT2D eigenvalue weighted by Crippen LogP contribution is 2.10. The van der Waals surface area contributed by atoms with E-state index in [4.69, 9.17) is 0 Å². The molecule has 1 aromatic carbocycles. The number of pyridine rings is 1. The Balaban J connectivity index is 0.000000531. The molecule has 0 radical (unpaired) electrons. The monoisotopic (exact) mass is 202 g/mol. The summed E-state index contributed by atoms with van der Waals surface area (Å²) in [5.41, 5.74) is 0. The molecule has 0 aliphatic heterocycles. The number of rotatable bonds is 1. The zero-order valence-corrected chi connectivity index (χ0v) is 10.1. The van der Waals surface area contributed by atoms with Crippen LogP contribution in [0.15, 0.2) is 42.7 Å². The molecule has 15 heavy (non-hydrogen) atoms. The molecule has 1 heterocycles. The summed E-state index contributed by atoms with van der Waals surface area (Å²) in [6.07, 6.45) is 4.33. The molecule has 2 aromatic rings. The van der Waals surface area contributed by atoms with E-state index in [1.807, 2.05) is 13.8 Å². The fourth-order valence-electron chi connectivity index (χ4n) is 1.47. The summed E-state index contributed by atoms with van der Waals surface area (Å²) >= 11 is 0. The molecule has 0 saturated heterocycles. The van der Waals surface area contributed by atoms with Gasteiger partial charge in [0.15, 0.2) is 18.4 Å². The van der Waals surface area contributed by atoms with Crippen LogP contribution in [-0.4, -0.2) is 0 Å². The lowest BCUT2D eigenvalue weighted by atomic mass is 10.2. The van der Waals surface area contributed by atoms with Crippen molar-refractivity contribution in [2.75, 3.05) is 0 Å². The number of nitrogens with zero attached hydrogens (tertiary/aromatic N) is 1. The zero-order valence-electron chi connectivity index (χ0n) is 10.1. The third-order valence-electron chi connectivity index (χ3n) is 2.31. The summed E-state index contributed by atoms with van der Waals surface area (Å²) in [6, 6.07) is 11.1. The van der Waals surface area contributed by atoms with Crippen molar-refractivity contribution in [2.45, 2.75) is 33.7 Å². The van der Waals surface area contributed by atoms with Crippen LogP contribution in [0.2, 0.25) is 0 Å². The molecule has 1 heteroatoms. The van der Waals surface area contributed by atoms with Gasteiger partial charge in [-0.2, -0.15) is 0 Å². The maximum atomic E-state index is 2.22. The summed E-state index contributed by atoms with van der Waals surface area (Å²) in [4.78, 5) is 0. The first-order valence-corrected chi connectivity index (χ1v) is 5.67. The lowest BCUT2D eigenvalue weighted by molar-refractivity contribution is -0.715. The fourth-order valence-corrected chi connectivity index (χ4v) is 1.47. The Morgan fingerprint density at radius 2 is 1.53 bits per heavy atom. The van der Waals surface area contributed by atoms with Crippen molar-refractivity contribution >= 4 is 10.8 Å². The Morgan fingerprint density at radius 3 is 2.13 bits per heavy atom. The first kappa shape index (κ1) is 11.7. The van der Waals surface area contributed by atoms with Crippen LogP contribution in [0.25, 0.3) is 10.8 Å². The summed E-state index contributed by atoms with van der Waals surface area (Å²) in [7, 11) is 0. The van der Waals surface area contributed by atoms with Gasteiger partial charge in [0.25, 0.3) is 0 Å². The Labute approximate surface area is 92.4 Å². The Hall–Kier alpha value is -1.37. The summed E-state index contributed by atoms with van der Waals surface area (Å²) in [5, 5.41) is 2.61. The van der Waals surface area contributed by atoms with Crippen LogP contribution in [-0.2, 0) is 0 Å². The molecule has 0 N–H and O–H groups in total. The second-order valence-corrected chi connectivity index (χ2v) is 3.61. The maximum Gasteiger partial charge on any atom is 0.176 e. The molecule has 0 spiro atoms. The molecule has 0 aliphatic carbocycles. The van der Waals surface area contributed by atoms with Crippen molar-refractivity contribution in [1.82, 2.24) is 0 Å². The smallest absolute Gasteiger partial charge is 0.176 e. The molecule has 1 nitrogen and oxygen atoms in total. The summed E-state index contributed by atoms with van der Waals surface area (Å²) in [6.45, 7) is 8.38. The minimum absolute atomic E-state index is 0.532. The zero-order chi connectivity index (χ0) is 11.3. The molecular formula is C14H20N+. The van der Waals surface area contributed by atoms with Gasteiger partial charge in [0.05, 0.1) is 0 Å². The Bertz CT molecular complexity index is 418. The second kappa shape index (κ2) is 5.50. The van der Waals surface area contributed by atoms with Crippen LogP contribution < -0.4 is 4.57 Å². The molecule has 0 aliphatic rings. The van der Waals surface area contributed by atoms with E-state index in [1.165, 1.54) is 10.8 Å².